The van der Waals surface area contributed by atoms with E-state index in [1.807, 2.05) is 40.7 Å². The number of nitrogens with zero attached hydrogens (tertiary/aromatic N) is 4. The molecule has 4 rings (SSSR count). The molecule has 1 aliphatic heterocycles. The second-order valence-electron chi connectivity index (χ2n) is 11.3. The smallest absolute Gasteiger partial charge is 0.228 e. The number of morpholine rings is 1. The second kappa shape index (κ2) is 13.2. The quantitative estimate of drug-likeness (QED) is 0.418. The van der Waals surface area contributed by atoms with Crippen molar-refractivity contribution in [1.29, 1.82) is 0 Å². The molecule has 2 aliphatic rings. The van der Waals surface area contributed by atoms with E-state index in [1.165, 1.54) is 6.42 Å². The fourth-order valence-electron chi connectivity index (χ4n) is 5.59. The molecule has 0 atom stereocenters. The van der Waals surface area contributed by atoms with Crippen LogP contribution >= 0.6 is 0 Å². The molecule has 2 aromatic rings. The van der Waals surface area contributed by atoms with Gasteiger partial charge in [-0.3, -0.25) is 9.69 Å². The third-order valence-corrected chi connectivity index (χ3v) is 9.15. The van der Waals surface area contributed by atoms with E-state index in [0.29, 0.717) is 19.5 Å². The van der Waals surface area contributed by atoms with Crippen molar-refractivity contribution in [3.63, 3.8) is 0 Å². The van der Waals surface area contributed by atoms with E-state index in [2.05, 4.69) is 23.7 Å². The number of amides is 1. The van der Waals surface area contributed by atoms with Crippen molar-refractivity contribution < 1.29 is 17.9 Å². The predicted octanol–water partition coefficient (Wildman–Crippen LogP) is 4.38. The van der Waals surface area contributed by atoms with Gasteiger partial charge in [0.2, 0.25) is 20.9 Å². The summed E-state index contributed by atoms with van der Waals surface area (Å²) in [6, 6.07) is 7.73. The Balaban J connectivity index is 1.62. The topological polar surface area (TPSA) is 84.7 Å². The lowest BCUT2D eigenvalue weighted by molar-refractivity contribution is -0.133. The fourth-order valence-corrected chi connectivity index (χ4v) is 7.12. The lowest BCUT2D eigenvalue weighted by Gasteiger charge is -2.32. The van der Waals surface area contributed by atoms with Crippen LogP contribution in [0.5, 0.6) is 0 Å². The van der Waals surface area contributed by atoms with Crippen molar-refractivity contribution in [3.05, 3.63) is 47.3 Å². The van der Waals surface area contributed by atoms with Crippen LogP contribution in [0, 0.1) is 12.8 Å². The van der Waals surface area contributed by atoms with Crippen LogP contribution in [0.4, 0.5) is 0 Å². The number of benzene rings is 1. The summed E-state index contributed by atoms with van der Waals surface area (Å²) in [5.41, 5.74) is 2.62. The summed E-state index contributed by atoms with van der Waals surface area (Å²) in [5.74, 6) is 0.279. The first-order valence-electron chi connectivity index (χ1n) is 14.1. The molecule has 0 bridgehead atoms. The third kappa shape index (κ3) is 7.67. The molecule has 1 saturated carbocycles. The average Bonchev–Trinajstić information content (AvgIpc) is 3.31. The zero-order chi connectivity index (χ0) is 27.1. The van der Waals surface area contributed by atoms with Gasteiger partial charge in [0.25, 0.3) is 0 Å². The van der Waals surface area contributed by atoms with Crippen LogP contribution in [-0.2, 0) is 31.7 Å². The van der Waals surface area contributed by atoms with E-state index < -0.39 is 9.84 Å². The maximum atomic E-state index is 13.7. The highest BCUT2D eigenvalue weighted by Crippen LogP contribution is 2.33. The first-order chi connectivity index (χ1) is 18.2. The molecular formula is C29H44N4O4S. The standard InChI is InChI=1S/C29H44N4O4S/c1-23(2)18-28(34)32(13-12-31-14-16-37-17-15-31)21-27-20-30-29(33(27)26-10-5-4-6-11-26)38(35,36)22-25-9-7-8-24(3)19-25/h7-9,19-20,23,26H,4-6,10-18,21-22H2,1-3H3. The maximum absolute atomic E-state index is 13.7. The Labute approximate surface area is 228 Å². The number of carbonyl (C=O) groups is 1. The Morgan fingerprint density at radius 1 is 1.16 bits per heavy atom. The molecule has 1 aromatic heterocycles. The van der Waals surface area contributed by atoms with E-state index >= 15 is 0 Å². The Morgan fingerprint density at radius 2 is 1.89 bits per heavy atom. The van der Waals surface area contributed by atoms with Crippen molar-refractivity contribution in [2.24, 2.45) is 5.92 Å². The molecule has 1 amide bonds. The Morgan fingerprint density at radius 3 is 2.58 bits per heavy atom. The lowest BCUT2D eigenvalue weighted by Crippen LogP contribution is -2.43. The molecule has 0 radical (unpaired) electrons. The normalized spacial score (nSPS) is 17.7. The zero-order valence-electron chi connectivity index (χ0n) is 23.3. The first kappa shape index (κ1) is 28.8. The van der Waals surface area contributed by atoms with Gasteiger partial charge >= 0.3 is 0 Å². The van der Waals surface area contributed by atoms with Gasteiger partial charge in [-0.05, 0) is 31.2 Å². The van der Waals surface area contributed by atoms with Crippen molar-refractivity contribution in [1.82, 2.24) is 19.4 Å². The van der Waals surface area contributed by atoms with Gasteiger partial charge in [0.05, 0.1) is 37.4 Å². The summed E-state index contributed by atoms with van der Waals surface area (Å²) < 4.78 is 34.9. The Hall–Kier alpha value is -2.23. The van der Waals surface area contributed by atoms with Crippen LogP contribution in [0.15, 0.2) is 35.6 Å². The molecular weight excluding hydrogens is 500 g/mol. The fraction of sp³-hybridized carbons (Fsp3) is 0.655. The van der Waals surface area contributed by atoms with Crippen molar-refractivity contribution >= 4 is 15.7 Å². The monoisotopic (exact) mass is 544 g/mol. The number of carbonyl (C=O) groups excluding carboxylic acids is 1. The SMILES string of the molecule is Cc1cccc(CS(=O)(=O)c2ncc(CN(CCN3CCOCC3)C(=O)CC(C)C)n2C2CCCCC2)c1. The zero-order valence-corrected chi connectivity index (χ0v) is 24.1. The van der Waals surface area contributed by atoms with E-state index in [-0.39, 0.29) is 28.8 Å². The minimum Gasteiger partial charge on any atom is -0.379 e. The van der Waals surface area contributed by atoms with Gasteiger partial charge in [-0.2, -0.15) is 0 Å². The van der Waals surface area contributed by atoms with Crippen LogP contribution in [-0.4, -0.2) is 73.1 Å². The third-order valence-electron chi connectivity index (χ3n) is 7.57. The molecule has 8 nitrogen and oxygen atoms in total. The molecule has 210 valence electrons. The number of hydrogen-bond acceptors (Lipinski definition) is 6. The van der Waals surface area contributed by atoms with Crippen LogP contribution < -0.4 is 0 Å². The molecule has 1 saturated heterocycles. The maximum Gasteiger partial charge on any atom is 0.228 e. The molecule has 38 heavy (non-hydrogen) atoms. The summed E-state index contributed by atoms with van der Waals surface area (Å²) in [5, 5.41) is 0.144. The number of ether oxygens (including phenoxy) is 1. The summed E-state index contributed by atoms with van der Waals surface area (Å²) in [6.45, 7) is 11.0. The van der Waals surface area contributed by atoms with E-state index in [1.54, 1.807) is 6.20 Å². The molecule has 2 fully saturated rings. The van der Waals surface area contributed by atoms with E-state index in [0.717, 1.165) is 75.4 Å². The van der Waals surface area contributed by atoms with E-state index in [4.69, 9.17) is 4.74 Å². The minimum absolute atomic E-state index is 0.0785. The predicted molar refractivity (Wildman–Crippen MR) is 149 cm³/mol. The highest BCUT2D eigenvalue weighted by atomic mass is 32.2. The number of sulfone groups is 1. The van der Waals surface area contributed by atoms with Gasteiger partial charge in [0.1, 0.15) is 0 Å². The lowest BCUT2D eigenvalue weighted by atomic mass is 9.95. The molecule has 0 N–H and O–H groups in total. The summed E-state index contributed by atoms with van der Waals surface area (Å²) in [7, 11) is -3.67. The van der Waals surface area contributed by atoms with Crippen molar-refractivity contribution in [2.45, 2.75) is 82.8 Å². The molecule has 0 unspecified atom stereocenters. The number of imidazole rings is 1. The van der Waals surface area contributed by atoms with E-state index in [9.17, 15) is 13.2 Å². The molecule has 1 aromatic carbocycles. The van der Waals surface area contributed by atoms with Crippen molar-refractivity contribution in [2.75, 3.05) is 39.4 Å². The first-order valence-corrected chi connectivity index (χ1v) is 15.8. The highest BCUT2D eigenvalue weighted by Gasteiger charge is 2.30. The largest absolute Gasteiger partial charge is 0.379 e. The Bertz CT molecular complexity index is 1160. The molecule has 9 heteroatoms. The highest BCUT2D eigenvalue weighted by molar-refractivity contribution is 7.90. The number of aryl methyl sites for hydroxylation is 1. The summed E-state index contributed by atoms with van der Waals surface area (Å²) in [4.78, 5) is 22.1. The van der Waals surface area contributed by atoms with Crippen LogP contribution in [0.25, 0.3) is 0 Å². The van der Waals surface area contributed by atoms with Crippen LogP contribution in [0.3, 0.4) is 0 Å². The minimum atomic E-state index is -3.67. The number of hydrogen-bond donors (Lipinski definition) is 0. The molecule has 1 aliphatic carbocycles. The number of rotatable bonds is 11. The van der Waals surface area contributed by atoms with Crippen LogP contribution in [0.2, 0.25) is 0 Å². The van der Waals surface area contributed by atoms with Gasteiger partial charge in [-0.1, -0.05) is 62.9 Å². The average molecular weight is 545 g/mol. The van der Waals surface area contributed by atoms with Crippen molar-refractivity contribution in [3.8, 4) is 0 Å². The Kier molecular flexibility index (Phi) is 10.0. The second-order valence-corrected chi connectivity index (χ2v) is 13.2. The summed E-state index contributed by atoms with van der Waals surface area (Å²) in [6.07, 6.45) is 7.36. The summed E-state index contributed by atoms with van der Waals surface area (Å²) >= 11 is 0. The van der Waals surface area contributed by atoms with Gasteiger partial charge in [0.15, 0.2) is 0 Å². The molecule has 2 heterocycles. The van der Waals surface area contributed by atoms with Crippen LogP contribution in [0.1, 0.15) is 75.2 Å². The number of aromatic nitrogens is 2. The molecule has 0 spiro atoms. The van der Waals surface area contributed by atoms with Gasteiger partial charge in [-0.15, -0.1) is 0 Å². The van der Waals surface area contributed by atoms with Gasteiger partial charge < -0.3 is 14.2 Å². The van der Waals surface area contributed by atoms with Gasteiger partial charge in [-0.25, -0.2) is 13.4 Å². The van der Waals surface area contributed by atoms with Gasteiger partial charge in [0, 0.05) is 38.6 Å².